The summed E-state index contributed by atoms with van der Waals surface area (Å²) in [4.78, 5) is 37.1. The normalized spacial score (nSPS) is 13.8. The molecule has 5 heterocycles. The highest BCUT2D eigenvalue weighted by molar-refractivity contribution is 5.70. The molecular formula is C34H40N4O6. The summed E-state index contributed by atoms with van der Waals surface area (Å²) in [5, 5.41) is 43.6. The average molecular weight is 601 g/mol. The zero-order valence-corrected chi connectivity index (χ0v) is 25.9. The monoisotopic (exact) mass is 600 g/mol. The van der Waals surface area contributed by atoms with Gasteiger partial charge < -0.3 is 40.4 Å². The summed E-state index contributed by atoms with van der Waals surface area (Å²) in [7, 11) is 0. The molecule has 0 fully saturated rings. The summed E-state index contributed by atoms with van der Waals surface area (Å²) in [6.45, 7) is 11.2. The summed E-state index contributed by atoms with van der Waals surface area (Å²) in [5.41, 5.74) is 9.79. The first kappa shape index (κ1) is 30.9. The van der Waals surface area contributed by atoms with Gasteiger partial charge in [0.05, 0.1) is 12.2 Å². The van der Waals surface area contributed by atoms with Gasteiger partial charge in [0.25, 0.3) is 0 Å². The molecule has 8 bridgehead atoms. The van der Waals surface area contributed by atoms with Crippen molar-refractivity contribution in [3.05, 3.63) is 88.7 Å². The molecule has 8 N–H and O–H groups in total. The lowest BCUT2D eigenvalue weighted by Crippen LogP contribution is -2.14. The van der Waals surface area contributed by atoms with Crippen LogP contribution >= 0.6 is 0 Å². The van der Waals surface area contributed by atoms with E-state index in [4.69, 9.17) is 0 Å². The first-order valence-corrected chi connectivity index (χ1v) is 14.8. The quantitative estimate of drug-likeness (QED) is 0.135. The fraction of sp³-hybridized carbons (Fsp3) is 0.353. The highest BCUT2D eigenvalue weighted by atomic mass is 16.4. The van der Waals surface area contributed by atoms with Gasteiger partial charge >= 0.3 is 11.9 Å². The number of carboxylic acids is 2. The summed E-state index contributed by atoms with van der Waals surface area (Å²) in [6.07, 6.45) is 6.78. The minimum absolute atomic E-state index is 0.0448. The lowest BCUT2D eigenvalue weighted by Gasteiger charge is -2.05. The molecule has 4 aromatic heterocycles. The van der Waals surface area contributed by atoms with Crippen LogP contribution in [0, 0.1) is 27.7 Å². The molecule has 232 valence electrons. The van der Waals surface area contributed by atoms with Crippen molar-refractivity contribution in [2.24, 2.45) is 0 Å². The molecule has 0 saturated carbocycles. The van der Waals surface area contributed by atoms with Crippen LogP contribution in [-0.4, -0.2) is 52.3 Å². The Bertz CT molecular complexity index is 2030. The molecule has 0 unspecified atom stereocenters. The van der Waals surface area contributed by atoms with Gasteiger partial charge in [0.1, 0.15) is 0 Å². The van der Waals surface area contributed by atoms with Crippen LogP contribution in [0.4, 0.5) is 0 Å². The van der Waals surface area contributed by atoms with Gasteiger partial charge in [0, 0.05) is 68.1 Å². The average Bonchev–Trinajstić information content (AvgIpc) is 3.59. The predicted octanol–water partition coefficient (Wildman–Crippen LogP) is 2.00. The number of aliphatic hydroxyl groups is 2. The maximum atomic E-state index is 11.6. The van der Waals surface area contributed by atoms with Gasteiger partial charge in [0.15, 0.2) is 0 Å². The Morgan fingerprint density at radius 2 is 1.05 bits per heavy atom. The van der Waals surface area contributed by atoms with Crippen molar-refractivity contribution in [2.75, 3.05) is 0 Å². The van der Waals surface area contributed by atoms with Crippen LogP contribution in [0.5, 0.6) is 0 Å². The number of nitrogens with one attached hydrogen (secondary N) is 4. The smallest absolute Gasteiger partial charge is 0.303 e. The van der Waals surface area contributed by atoms with Crippen molar-refractivity contribution in [1.82, 2.24) is 19.9 Å². The third kappa shape index (κ3) is 5.70. The number of rotatable bonds is 8. The van der Waals surface area contributed by atoms with Gasteiger partial charge in [-0.05, 0) is 112 Å². The van der Waals surface area contributed by atoms with E-state index in [2.05, 4.69) is 19.9 Å². The van der Waals surface area contributed by atoms with Gasteiger partial charge in [0.2, 0.25) is 0 Å². The molecule has 0 spiro atoms. The maximum absolute atomic E-state index is 11.6. The molecule has 1 aliphatic heterocycles. The van der Waals surface area contributed by atoms with E-state index in [1.54, 1.807) is 13.8 Å². The lowest BCUT2D eigenvalue weighted by atomic mass is 10.0. The van der Waals surface area contributed by atoms with E-state index in [0.29, 0.717) is 18.2 Å². The number of aromatic amines is 4. The van der Waals surface area contributed by atoms with Crippen LogP contribution in [-0.2, 0) is 22.4 Å². The molecule has 4 aromatic rings. The van der Waals surface area contributed by atoms with E-state index >= 15 is 0 Å². The number of hydrogen-bond acceptors (Lipinski definition) is 4. The summed E-state index contributed by atoms with van der Waals surface area (Å²) >= 11 is 0. The summed E-state index contributed by atoms with van der Waals surface area (Å²) in [6, 6.07) is 0. The van der Waals surface area contributed by atoms with Gasteiger partial charge in [-0.2, -0.15) is 0 Å². The van der Waals surface area contributed by atoms with Gasteiger partial charge in [-0.1, -0.05) is 0 Å². The van der Waals surface area contributed by atoms with Gasteiger partial charge in [-0.15, -0.1) is 0 Å². The molecule has 5 rings (SSSR count). The SMILES string of the molecule is Cc1c2[nH]c(c1CCC(=O)O)C=c1[nH]c(c(C)c1CCC(=O)O)=Cc1[nH]c(c([C@H](C)O)c1C)C=c1[nH]c(c([C@H](C)O)c1C)=C2. The molecule has 0 aliphatic carbocycles. The minimum atomic E-state index is -0.899. The Balaban J connectivity index is 1.93. The number of aliphatic hydroxyl groups excluding tert-OH is 2. The van der Waals surface area contributed by atoms with Crippen LogP contribution in [0.15, 0.2) is 0 Å². The molecule has 10 nitrogen and oxygen atoms in total. The number of carboxylic acid groups (broad SMARTS) is 2. The van der Waals surface area contributed by atoms with Gasteiger partial charge in [-0.3, -0.25) is 9.59 Å². The highest BCUT2D eigenvalue weighted by Crippen LogP contribution is 2.27. The fourth-order valence-corrected chi connectivity index (χ4v) is 6.48. The fourth-order valence-electron chi connectivity index (χ4n) is 6.48. The van der Waals surface area contributed by atoms with E-state index in [1.807, 2.05) is 52.0 Å². The van der Waals surface area contributed by atoms with Crippen molar-refractivity contribution in [1.29, 1.82) is 0 Å². The highest BCUT2D eigenvalue weighted by Gasteiger charge is 2.20. The second-order valence-corrected chi connectivity index (χ2v) is 11.8. The van der Waals surface area contributed by atoms with E-state index in [9.17, 15) is 30.0 Å². The molecule has 0 amide bonds. The largest absolute Gasteiger partial charge is 0.481 e. The Kier molecular flexibility index (Phi) is 8.33. The molecule has 2 atom stereocenters. The first-order chi connectivity index (χ1) is 20.8. The predicted molar refractivity (Wildman–Crippen MR) is 168 cm³/mol. The van der Waals surface area contributed by atoms with Crippen LogP contribution in [0.3, 0.4) is 0 Å². The van der Waals surface area contributed by atoms with E-state index in [0.717, 1.165) is 83.3 Å². The first-order valence-electron chi connectivity index (χ1n) is 14.8. The summed E-state index contributed by atoms with van der Waals surface area (Å²) < 4.78 is 0. The van der Waals surface area contributed by atoms with E-state index in [-0.39, 0.29) is 12.8 Å². The third-order valence-electron chi connectivity index (χ3n) is 8.81. The number of aliphatic carboxylic acids is 2. The van der Waals surface area contributed by atoms with Crippen LogP contribution in [0.1, 0.15) is 106 Å². The number of H-pyrrole nitrogens is 4. The van der Waals surface area contributed by atoms with E-state index in [1.165, 1.54) is 0 Å². The van der Waals surface area contributed by atoms with Crippen LogP contribution in [0.25, 0.3) is 24.3 Å². The lowest BCUT2D eigenvalue weighted by molar-refractivity contribution is -0.138. The minimum Gasteiger partial charge on any atom is -0.481 e. The zero-order chi connectivity index (χ0) is 32.0. The number of aromatic nitrogens is 4. The molecule has 0 aromatic carbocycles. The molecular weight excluding hydrogens is 560 g/mol. The zero-order valence-electron chi connectivity index (χ0n) is 25.9. The second kappa shape index (κ2) is 11.9. The molecule has 1 aliphatic rings. The second-order valence-electron chi connectivity index (χ2n) is 11.8. The van der Waals surface area contributed by atoms with Crippen molar-refractivity contribution in [2.45, 2.75) is 79.4 Å². The van der Waals surface area contributed by atoms with E-state index < -0.39 is 24.1 Å². The topological polar surface area (TPSA) is 178 Å². The van der Waals surface area contributed by atoms with Crippen molar-refractivity contribution >= 4 is 36.2 Å². The maximum Gasteiger partial charge on any atom is 0.303 e. The Morgan fingerprint density at radius 1 is 0.568 bits per heavy atom. The number of carbonyl (C=O) groups is 2. The summed E-state index contributed by atoms with van der Waals surface area (Å²) in [5.74, 6) is -1.80. The molecule has 0 saturated heterocycles. The Labute approximate surface area is 254 Å². The van der Waals surface area contributed by atoms with Crippen LogP contribution in [0.2, 0.25) is 0 Å². The number of hydrogen-bond donors (Lipinski definition) is 8. The van der Waals surface area contributed by atoms with Crippen molar-refractivity contribution in [3.8, 4) is 0 Å². The Morgan fingerprint density at radius 3 is 1.66 bits per heavy atom. The van der Waals surface area contributed by atoms with Crippen molar-refractivity contribution < 1.29 is 30.0 Å². The van der Waals surface area contributed by atoms with Gasteiger partial charge in [-0.25, -0.2) is 0 Å². The molecule has 0 radical (unpaired) electrons. The standard InChI is InChI=1S/C34H40N4O6/c1-15-21(7-9-31(41)42)27-14-28-22(8-10-32(43)44)16(2)24(36-28)12-29-34(20(6)40)18(4)26(38-29)13-30-33(19(5)39)17(3)25(37-30)11-23(15)35-27/h11-14,19-20,35-40H,7-10H2,1-6H3,(H,41,42)(H,43,44)/t19-,20-/m0/s1. The molecule has 44 heavy (non-hydrogen) atoms. The number of fused-ring (bicyclic) bond motifs is 8. The van der Waals surface area contributed by atoms with Crippen molar-refractivity contribution in [3.63, 3.8) is 0 Å². The Hall–Kier alpha value is -4.54. The third-order valence-corrected chi connectivity index (χ3v) is 8.81. The van der Waals surface area contributed by atoms with Crippen LogP contribution < -0.4 is 21.4 Å². The molecule has 10 heteroatoms.